The lowest BCUT2D eigenvalue weighted by atomic mass is 10.2. The minimum atomic E-state index is -0.0533. The summed E-state index contributed by atoms with van der Waals surface area (Å²) in [6.07, 6.45) is 2.02. The maximum atomic E-state index is 12.7. The van der Waals surface area contributed by atoms with Crippen molar-refractivity contribution in [1.82, 2.24) is 14.2 Å². The molecule has 0 N–H and O–H groups in total. The number of aryl methyl sites for hydroxylation is 2. The molecule has 0 aliphatic carbocycles. The van der Waals surface area contributed by atoms with Crippen LogP contribution in [0.2, 0.25) is 0 Å². The third-order valence-electron chi connectivity index (χ3n) is 4.54. The molecule has 1 aliphatic heterocycles. The second-order valence-corrected chi connectivity index (χ2v) is 5.85. The molecule has 22 heavy (non-hydrogen) atoms. The third-order valence-corrected chi connectivity index (χ3v) is 4.54. The van der Waals surface area contributed by atoms with Gasteiger partial charge >= 0.3 is 0 Å². The molecule has 0 unspecified atom stereocenters. The Morgan fingerprint density at radius 1 is 1.09 bits per heavy atom. The second-order valence-electron chi connectivity index (χ2n) is 5.85. The molecule has 4 rings (SSSR count). The van der Waals surface area contributed by atoms with Crippen molar-refractivity contribution in [1.29, 1.82) is 0 Å². The topological polar surface area (TPSA) is 39.4 Å². The fraction of sp³-hybridized carbons (Fsp3) is 0.353. The van der Waals surface area contributed by atoms with E-state index in [9.17, 15) is 4.79 Å². The minimum absolute atomic E-state index is 0.0533. The van der Waals surface area contributed by atoms with Crippen LogP contribution in [0, 0.1) is 0 Å². The molecule has 0 bridgehead atoms. The Morgan fingerprint density at radius 3 is 2.68 bits per heavy atom. The van der Waals surface area contributed by atoms with Gasteiger partial charge in [0, 0.05) is 26.0 Å². The predicted octanol–water partition coefficient (Wildman–Crippen LogP) is 2.84. The molecule has 1 saturated heterocycles. The molecule has 114 valence electrons. The number of carbonyl (C=O) groups excluding carboxylic acids is 1. The summed E-state index contributed by atoms with van der Waals surface area (Å²) in [5, 5.41) is 2.67. The number of aromatic nitrogens is 2. The second kappa shape index (κ2) is 4.88. The van der Waals surface area contributed by atoms with E-state index in [0.29, 0.717) is 18.8 Å². The molecule has 0 spiro atoms. The van der Waals surface area contributed by atoms with E-state index in [4.69, 9.17) is 4.84 Å². The Morgan fingerprint density at radius 2 is 1.91 bits per heavy atom. The van der Waals surface area contributed by atoms with E-state index in [2.05, 4.69) is 16.7 Å². The molecule has 1 fully saturated rings. The van der Waals surface area contributed by atoms with Crippen molar-refractivity contribution in [3.63, 3.8) is 0 Å². The van der Waals surface area contributed by atoms with E-state index in [1.165, 1.54) is 16.0 Å². The van der Waals surface area contributed by atoms with Crippen molar-refractivity contribution in [3.8, 4) is 0 Å². The Labute approximate surface area is 128 Å². The summed E-state index contributed by atoms with van der Waals surface area (Å²) in [5.41, 5.74) is 4.02. The monoisotopic (exact) mass is 297 g/mol. The van der Waals surface area contributed by atoms with E-state index >= 15 is 0 Å². The van der Waals surface area contributed by atoms with Crippen LogP contribution in [0.15, 0.2) is 30.3 Å². The van der Waals surface area contributed by atoms with Crippen LogP contribution in [0.5, 0.6) is 0 Å². The van der Waals surface area contributed by atoms with Crippen molar-refractivity contribution in [3.05, 3.63) is 36.0 Å². The molecule has 1 aromatic carbocycles. The van der Waals surface area contributed by atoms with Crippen molar-refractivity contribution in [2.45, 2.75) is 12.8 Å². The fourth-order valence-corrected chi connectivity index (χ4v) is 3.35. The lowest BCUT2D eigenvalue weighted by Gasteiger charge is -2.25. The minimum Gasteiger partial charge on any atom is -0.342 e. The summed E-state index contributed by atoms with van der Waals surface area (Å²) in [6, 6.07) is 10.2. The number of hydroxylamine groups is 2. The first-order valence-corrected chi connectivity index (χ1v) is 7.66. The molecule has 0 saturated carbocycles. The van der Waals surface area contributed by atoms with Gasteiger partial charge in [0.25, 0.3) is 5.91 Å². The van der Waals surface area contributed by atoms with Crippen LogP contribution in [0.4, 0.5) is 0 Å². The Kier molecular flexibility index (Phi) is 2.97. The zero-order chi connectivity index (χ0) is 15.3. The normalized spacial score (nSPS) is 15.8. The van der Waals surface area contributed by atoms with E-state index in [1.807, 2.05) is 36.9 Å². The van der Waals surface area contributed by atoms with Crippen LogP contribution in [0.25, 0.3) is 21.9 Å². The lowest BCUT2D eigenvalue weighted by molar-refractivity contribution is -0.144. The SMILES string of the molecule is Cn1c(C(=O)N2CCCCO2)cc2c1c1ccccc1n2C. The van der Waals surface area contributed by atoms with E-state index in [-0.39, 0.29) is 5.91 Å². The average molecular weight is 297 g/mol. The molecular formula is C17H19N3O2. The van der Waals surface area contributed by atoms with Crippen LogP contribution in [0.3, 0.4) is 0 Å². The lowest BCUT2D eigenvalue weighted by Crippen LogP contribution is -2.36. The molecule has 3 heterocycles. The van der Waals surface area contributed by atoms with Crippen molar-refractivity contribution in [2.24, 2.45) is 14.1 Å². The van der Waals surface area contributed by atoms with Gasteiger partial charge in [0.15, 0.2) is 0 Å². The maximum Gasteiger partial charge on any atom is 0.294 e. The smallest absolute Gasteiger partial charge is 0.294 e. The Bertz CT molecular complexity index is 869. The molecular weight excluding hydrogens is 278 g/mol. The first kappa shape index (κ1) is 13.4. The number of amides is 1. The first-order valence-electron chi connectivity index (χ1n) is 7.66. The van der Waals surface area contributed by atoms with E-state index in [0.717, 1.165) is 23.9 Å². The molecule has 1 amide bonds. The van der Waals surface area contributed by atoms with Gasteiger partial charge in [0.2, 0.25) is 0 Å². The van der Waals surface area contributed by atoms with Gasteiger partial charge in [0.1, 0.15) is 5.69 Å². The zero-order valence-corrected chi connectivity index (χ0v) is 12.9. The molecule has 3 aromatic rings. The number of rotatable bonds is 1. The maximum absolute atomic E-state index is 12.7. The van der Waals surface area contributed by atoms with Crippen molar-refractivity contribution >= 4 is 27.8 Å². The number of hydrogen-bond acceptors (Lipinski definition) is 2. The summed E-state index contributed by atoms with van der Waals surface area (Å²) in [5.74, 6) is -0.0533. The van der Waals surface area contributed by atoms with E-state index in [1.54, 1.807) is 0 Å². The number of fused-ring (bicyclic) bond motifs is 3. The highest BCUT2D eigenvalue weighted by molar-refractivity contribution is 6.09. The van der Waals surface area contributed by atoms with Gasteiger partial charge in [-0.05, 0) is 25.0 Å². The third kappa shape index (κ3) is 1.78. The zero-order valence-electron chi connectivity index (χ0n) is 12.9. The standard InChI is InChI=1S/C17H19N3O2/c1-18-13-8-4-3-7-12(13)16-14(18)11-15(19(16)2)17(21)20-9-5-6-10-22-20/h3-4,7-8,11H,5-6,9-10H2,1-2H3. The van der Waals surface area contributed by atoms with Crippen LogP contribution in [-0.2, 0) is 18.9 Å². The van der Waals surface area contributed by atoms with Gasteiger partial charge in [0.05, 0.1) is 23.2 Å². The van der Waals surface area contributed by atoms with Crippen LogP contribution < -0.4 is 0 Å². The van der Waals surface area contributed by atoms with Crippen LogP contribution >= 0.6 is 0 Å². The van der Waals surface area contributed by atoms with Crippen LogP contribution in [-0.4, -0.2) is 33.3 Å². The number of carbonyl (C=O) groups is 1. The predicted molar refractivity (Wildman–Crippen MR) is 85.6 cm³/mol. The Hall–Kier alpha value is -2.27. The van der Waals surface area contributed by atoms with Crippen molar-refractivity contribution < 1.29 is 9.63 Å². The van der Waals surface area contributed by atoms with E-state index < -0.39 is 0 Å². The number of hydrogen-bond donors (Lipinski definition) is 0. The number of nitrogens with zero attached hydrogens (tertiary/aromatic N) is 3. The summed E-state index contributed by atoms with van der Waals surface area (Å²) < 4.78 is 4.12. The fourth-order valence-electron chi connectivity index (χ4n) is 3.35. The number of benzene rings is 1. The average Bonchev–Trinajstić information content (AvgIpc) is 3.05. The molecule has 2 aromatic heterocycles. The number of para-hydroxylation sites is 1. The van der Waals surface area contributed by atoms with Gasteiger partial charge in [-0.3, -0.25) is 9.63 Å². The first-order chi connectivity index (χ1) is 10.7. The molecule has 0 atom stereocenters. The summed E-state index contributed by atoms with van der Waals surface area (Å²) in [4.78, 5) is 18.2. The molecule has 1 aliphatic rings. The van der Waals surface area contributed by atoms with Gasteiger partial charge in [-0.2, -0.15) is 0 Å². The highest BCUT2D eigenvalue weighted by Crippen LogP contribution is 2.30. The van der Waals surface area contributed by atoms with Gasteiger partial charge in [-0.25, -0.2) is 5.06 Å². The highest BCUT2D eigenvalue weighted by atomic mass is 16.7. The Balaban J connectivity index is 1.87. The molecule has 5 nitrogen and oxygen atoms in total. The summed E-state index contributed by atoms with van der Waals surface area (Å²) in [7, 11) is 3.99. The molecule has 5 heteroatoms. The quantitative estimate of drug-likeness (QED) is 0.693. The van der Waals surface area contributed by atoms with Gasteiger partial charge < -0.3 is 9.13 Å². The summed E-state index contributed by atoms with van der Waals surface area (Å²) >= 11 is 0. The van der Waals surface area contributed by atoms with Crippen LogP contribution in [0.1, 0.15) is 23.3 Å². The van der Waals surface area contributed by atoms with Gasteiger partial charge in [-0.1, -0.05) is 18.2 Å². The highest BCUT2D eigenvalue weighted by Gasteiger charge is 2.24. The van der Waals surface area contributed by atoms with Crippen molar-refractivity contribution in [2.75, 3.05) is 13.2 Å². The summed E-state index contributed by atoms with van der Waals surface area (Å²) in [6.45, 7) is 1.29. The largest absolute Gasteiger partial charge is 0.342 e. The molecule has 0 radical (unpaired) electrons. The van der Waals surface area contributed by atoms with Gasteiger partial charge in [-0.15, -0.1) is 0 Å².